The molecular weight excluding hydrogens is 356 g/mol. The summed E-state index contributed by atoms with van der Waals surface area (Å²) in [5.41, 5.74) is 1.74. The Morgan fingerprint density at radius 1 is 1.18 bits per heavy atom. The number of carbonyl (C=O) groups is 1. The quantitative estimate of drug-likeness (QED) is 0.647. The zero-order chi connectivity index (χ0) is 19.7. The Balaban J connectivity index is 1.73. The van der Waals surface area contributed by atoms with Crippen LogP contribution in [0.15, 0.2) is 57.7 Å². The number of benzene rings is 2. The van der Waals surface area contributed by atoms with Gasteiger partial charge in [-0.2, -0.15) is 0 Å². The van der Waals surface area contributed by atoms with Gasteiger partial charge < -0.3 is 20.2 Å². The van der Waals surface area contributed by atoms with Gasteiger partial charge in [0.05, 0.1) is 17.1 Å². The van der Waals surface area contributed by atoms with Crippen LogP contribution in [-0.4, -0.2) is 36.8 Å². The first kappa shape index (κ1) is 18.4. The van der Waals surface area contributed by atoms with Crippen molar-refractivity contribution in [3.05, 3.63) is 69.9 Å². The van der Waals surface area contributed by atoms with Crippen LogP contribution in [0.25, 0.3) is 22.3 Å². The van der Waals surface area contributed by atoms with Gasteiger partial charge in [-0.05, 0) is 19.1 Å². The summed E-state index contributed by atoms with van der Waals surface area (Å²) < 4.78 is 6.08. The number of fused-ring (bicyclic) bond motifs is 1. The van der Waals surface area contributed by atoms with Crippen LogP contribution in [0, 0.1) is 12.8 Å². The maximum absolute atomic E-state index is 12.9. The van der Waals surface area contributed by atoms with Crippen molar-refractivity contribution in [1.29, 1.82) is 0 Å². The van der Waals surface area contributed by atoms with Crippen molar-refractivity contribution in [2.45, 2.75) is 13.0 Å². The van der Waals surface area contributed by atoms with E-state index in [2.05, 4.69) is 10.6 Å². The van der Waals surface area contributed by atoms with Crippen molar-refractivity contribution < 1.29 is 14.3 Å². The van der Waals surface area contributed by atoms with E-state index in [0.717, 1.165) is 5.56 Å². The van der Waals surface area contributed by atoms with Gasteiger partial charge in [0.25, 0.3) is 5.91 Å². The number of rotatable bonds is 4. The molecule has 1 aliphatic heterocycles. The molecule has 1 aromatic heterocycles. The number of hydrogen-bond acceptors (Lipinski definition) is 5. The van der Waals surface area contributed by atoms with Crippen LogP contribution in [0.2, 0.25) is 0 Å². The number of hydrogen-bond donors (Lipinski definition) is 3. The highest BCUT2D eigenvalue weighted by molar-refractivity contribution is 6.05. The molecular formula is C22H22N2O4. The van der Waals surface area contributed by atoms with E-state index in [0.29, 0.717) is 41.9 Å². The van der Waals surface area contributed by atoms with Crippen LogP contribution >= 0.6 is 0 Å². The van der Waals surface area contributed by atoms with Gasteiger partial charge in [-0.15, -0.1) is 0 Å². The van der Waals surface area contributed by atoms with Gasteiger partial charge in [0.15, 0.2) is 11.0 Å². The summed E-state index contributed by atoms with van der Waals surface area (Å²) in [5, 5.41) is 16.2. The Morgan fingerprint density at radius 3 is 2.68 bits per heavy atom. The van der Waals surface area contributed by atoms with Crippen molar-refractivity contribution in [2.24, 2.45) is 5.92 Å². The molecule has 4 rings (SSSR count). The number of amides is 1. The van der Waals surface area contributed by atoms with E-state index >= 15 is 0 Å². The first-order valence-electron chi connectivity index (χ1n) is 9.35. The molecule has 0 saturated carbocycles. The fourth-order valence-electron chi connectivity index (χ4n) is 3.60. The van der Waals surface area contributed by atoms with Gasteiger partial charge in [0.2, 0.25) is 0 Å². The predicted octanol–water partition coefficient (Wildman–Crippen LogP) is 2.08. The van der Waals surface area contributed by atoms with E-state index in [1.165, 1.54) is 0 Å². The van der Waals surface area contributed by atoms with E-state index < -0.39 is 6.10 Å². The normalized spacial score (nSPS) is 19.1. The first-order valence-corrected chi connectivity index (χ1v) is 9.35. The fourth-order valence-corrected chi connectivity index (χ4v) is 3.60. The second kappa shape index (κ2) is 7.58. The van der Waals surface area contributed by atoms with Gasteiger partial charge in [0.1, 0.15) is 5.76 Å². The number of β-amino-alcohol motifs (C(OH)–C–C–N with tert-alkyl or cyclic N) is 1. The van der Waals surface area contributed by atoms with Gasteiger partial charge in [-0.3, -0.25) is 9.59 Å². The molecule has 144 valence electrons. The van der Waals surface area contributed by atoms with Crippen LogP contribution in [-0.2, 0) is 0 Å². The minimum Gasteiger partial charge on any atom is -0.455 e. The van der Waals surface area contributed by atoms with Crippen molar-refractivity contribution in [1.82, 2.24) is 10.6 Å². The summed E-state index contributed by atoms with van der Waals surface area (Å²) in [6.45, 7) is 3.27. The summed E-state index contributed by atoms with van der Waals surface area (Å²) in [7, 11) is 0. The van der Waals surface area contributed by atoms with Crippen LogP contribution < -0.4 is 16.1 Å². The minimum atomic E-state index is -0.474. The summed E-state index contributed by atoms with van der Waals surface area (Å²) in [5.74, 6) is 0.109. The largest absolute Gasteiger partial charge is 0.455 e. The zero-order valence-corrected chi connectivity index (χ0v) is 15.6. The Kier molecular flexibility index (Phi) is 4.98. The molecule has 2 aromatic carbocycles. The topological polar surface area (TPSA) is 91.6 Å². The lowest BCUT2D eigenvalue weighted by Crippen LogP contribution is -2.34. The molecule has 0 radical (unpaired) electrons. The summed E-state index contributed by atoms with van der Waals surface area (Å²) >= 11 is 0. The lowest BCUT2D eigenvalue weighted by Gasteiger charge is -2.15. The first-order chi connectivity index (χ1) is 13.6. The number of carbonyl (C=O) groups excluding carboxylic acids is 1. The average Bonchev–Trinajstić information content (AvgIpc) is 3.14. The molecule has 0 spiro atoms. The van der Waals surface area contributed by atoms with E-state index in [1.807, 2.05) is 30.3 Å². The number of aliphatic hydroxyl groups excluding tert-OH is 1. The van der Waals surface area contributed by atoms with E-state index in [-0.39, 0.29) is 22.8 Å². The number of aliphatic hydroxyl groups is 1. The Morgan fingerprint density at radius 2 is 1.96 bits per heavy atom. The van der Waals surface area contributed by atoms with Crippen molar-refractivity contribution in [3.63, 3.8) is 0 Å². The second-order valence-electron chi connectivity index (χ2n) is 7.13. The summed E-state index contributed by atoms with van der Waals surface area (Å²) in [6.07, 6.45) is -0.474. The van der Waals surface area contributed by atoms with Crippen LogP contribution in [0.3, 0.4) is 0 Å². The maximum Gasteiger partial charge on any atom is 0.255 e. The molecule has 1 fully saturated rings. The molecule has 3 N–H and O–H groups in total. The SMILES string of the molecule is Cc1c(-c2ccccc2)oc2c(C(=O)NCC3CNCC3O)cccc2c1=O. The molecule has 0 bridgehead atoms. The zero-order valence-electron chi connectivity index (χ0n) is 15.6. The van der Waals surface area contributed by atoms with Gasteiger partial charge in [-0.25, -0.2) is 0 Å². The van der Waals surface area contributed by atoms with Crippen LogP contribution in [0.4, 0.5) is 0 Å². The molecule has 3 aromatic rings. The second-order valence-corrected chi connectivity index (χ2v) is 7.13. The lowest BCUT2D eigenvalue weighted by molar-refractivity contribution is 0.0927. The van der Waals surface area contributed by atoms with E-state index in [9.17, 15) is 14.7 Å². The molecule has 28 heavy (non-hydrogen) atoms. The Hall–Kier alpha value is -2.96. The maximum atomic E-state index is 12.9. The monoisotopic (exact) mass is 378 g/mol. The van der Waals surface area contributed by atoms with E-state index in [4.69, 9.17) is 4.42 Å². The standard InChI is InChI=1S/C22H22N2O4/c1-13-19(26)16-8-5-9-17(22(27)24-11-15-10-23-12-18(15)25)21(16)28-20(13)14-6-3-2-4-7-14/h2-9,15,18,23,25H,10-12H2,1H3,(H,24,27). The molecule has 6 nitrogen and oxygen atoms in total. The smallest absolute Gasteiger partial charge is 0.255 e. The molecule has 1 aliphatic rings. The number of para-hydroxylation sites is 1. The van der Waals surface area contributed by atoms with Crippen molar-refractivity contribution in [2.75, 3.05) is 19.6 Å². The molecule has 2 heterocycles. The van der Waals surface area contributed by atoms with Gasteiger partial charge in [0, 0.05) is 36.7 Å². The Labute approximate surface area is 162 Å². The molecule has 6 heteroatoms. The third kappa shape index (κ3) is 3.32. The fraction of sp³-hybridized carbons (Fsp3) is 0.273. The third-order valence-electron chi connectivity index (χ3n) is 5.25. The summed E-state index contributed by atoms with van der Waals surface area (Å²) in [4.78, 5) is 25.7. The lowest BCUT2D eigenvalue weighted by atomic mass is 10.0. The third-order valence-corrected chi connectivity index (χ3v) is 5.25. The highest BCUT2D eigenvalue weighted by atomic mass is 16.3. The highest BCUT2D eigenvalue weighted by Crippen LogP contribution is 2.27. The van der Waals surface area contributed by atoms with Crippen LogP contribution in [0.5, 0.6) is 0 Å². The molecule has 1 saturated heterocycles. The van der Waals surface area contributed by atoms with Crippen molar-refractivity contribution in [3.8, 4) is 11.3 Å². The van der Waals surface area contributed by atoms with Gasteiger partial charge in [-0.1, -0.05) is 36.4 Å². The van der Waals surface area contributed by atoms with E-state index in [1.54, 1.807) is 25.1 Å². The molecule has 2 atom stereocenters. The van der Waals surface area contributed by atoms with Crippen molar-refractivity contribution >= 4 is 16.9 Å². The number of nitrogens with one attached hydrogen (secondary N) is 2. The summed E-state index contributed by atoms with van der Waals surface area (Å²) in [6, 6.07) is 14.4. The Bertz CT molecular complexity index is 1080. The highest BCUT2D eigenvalue weighted by Gasteiger charge is 2.26. The molecule has 2 unspecified atom stereocenters. The average molecular weight is 378 g/mol. The van der Waals surface area contributed by atoms with Gasteiger partial charge >= 0.3 is 0 Å². The molecule has 0 aliphatic carbocycles. The molecule has 1 amide bonds. The minimum absolute atomic E-state index is 0.0342. The van der Waals surface area contributed by atoms with Crippen LogP contribution in [0.1, 0.15) is 15.9 Å². The predicted molar refractivity (Wildman–Crippen MR) is 107 cm³/mol.